The predicted octanol–water partition coefficient (Wildman–Crippen LogP) is 2.13. The number of nitrogens with zero attached hydrogens (tertiary/aromatic N) is 4. The summed E-state index contributed by atoms with van der Waals surface area (Å²) in [4.78, 5) is 33.1. The lowest BCUT2D eigenvalue weighted by atomic mass is 10.1. The van der Waals surface area contributed by atoms with Crippen molar-refractivity contribution in [3.8, 4) is 0 Å². The summed E-state index contributed by atoms with van der Waals surface area (Å²) in [6.45, 7) is 11.2. The molecule has 3 rings (SSSR count). The molecule has 0 saturated carbocycles. The van der Waals surface area contributed by atoms with E-state index in [1.807, 2.05) is 13.8 Å². The molecule has 0 aromatic carbocycles. The molecule has 150 valence electrons. The van der Waals surface area contributed by atoms with Crippen molar-refractivity contribution >= 4 is 11.9 Å². The van der Waals surface area contributed by atoms with E-state index in [4.69, 9.17) is 9.26 Å². The van der Waals surface area contributed by atoms with Crippen LogP contribution in [-0.2, 0) is 11.3 Å². The number of amides is 1. The van der Waals surface area contributed by atoms with Crippen molar-refractivity contribution in [3.05, 3.63) is 46.1 Å². The van der Waals surface area contributed by atoms with Gasteiger partial charge in [-0.2, -0.15) is 0 Å². The largest absolute Gasteiger partial charge is 0.462 e. The van der Waals surface area contributed by atoms with Gasteiger partial charge in [-0.1, -0.05) is 5.16 Å². The molecule has 0 atom stereocenters. The average molecular weight is 386 g/mol. The lowest BCUT2D eigenvalue weighted by Gasteiger charge is -2.34. The number of carbonyl (C=O) groups is 2. The van der Waals surface area contributed by atoms with Crippen LogP contribution in [0, 0.1) is 20.8 Å². The maximum absolute atomic E-state index is 12.8. The number of rotatable bonds is 5. The van der Waals surface area contributed by atoms with Gasteiger partial charge in [-0.25, -0.2) is 9.78 Å². The summed E-state index contributed by atoms with van der Waals surface area (Å²) in [5.74, 6) is 0.312. The molecule has 1 aliphatic rings. The van der Waals surface area contributed by atoms with Gasteiger partial charge in [-0.3, -0.25) is 9.69 Å². The number of hydrogen-bond donors (Lipinski definition) is 0. The van der Waals surface area contributed by atoms with E-state index < -0.39 is 5.97 Å². The minimum absolute atomic E-state index is 0.115. The van der Waals surface area contributed by atoms with Gasteiger partial charge >= 0.3 is 5.97 Å². The van der Waals surface area contributed by atoms with Crippen molar-refractivity contribution in [1.29, 1.82) is 0 Å². The average Bonchev–Trinajstić information content (AvgIpc) is 3.00. The monoisotopic (exact) mass is 386 g/mol. The van der Waals surface area contributed by atoms with Crippen LogP contribution in [0.15, 0.2) is 16.7 Å². The number of pyridine rings is 1. The van der Waals surface area contributed by atoms with E-state index in [0.717, 1.165) is 36.7 Å². The van der Waals surface area contributed by atoms with Gasteiger partial charge in [0, 0.05) is 38.3 Å². The zero-order valence-corrected chi connectivity index (χ0v) is 16.8. The second-order valence-electron chi connectivity index (χ2n) is 6.92. The van der Waals surface area contributed by atoms with Gasteiger partial charge in [-0.05, 0) is 39.8 Å². The van der Waals surface area contributed by atoms with Crippen molar-refractivity contribution in [2.24, 2.45) is 0 Å². The number of piperazine rings is 1. The van der Waals surface area contributed by atoms with Crippen molar-refractivity contribution in [1.82, 2.24) is 19.9 Å². The van der Waals surface area contributed by atoms with Crippen LogP contribution in [0.2, 0.25) is 0 Å². The Labute approximate surface area is 164 Å². The van der Waals surface area contributed by atoms with Gasteiger partial charge in [0.1, 0.15) is 11.5 Å². The molecule has 3 heterocycles. The van der Waals surface area contributed by atoms with Gasteiger partial charge in [0.15, 0.2) is 0 Å². The molecule has 1 saturated heterocycles. The Morgan fingerprint density at radius 1 is 1.11 bits per heavy atom. The van der Waals surface area contributed by atoms with E-state index >= 15 is 0 Å². The molecule has 8 heteroatoms. The van der Waals surface area contributed by atoms with E-state index in [9.17, 15) is 9.59 Å². The minimum Gasteiger partial charge on any atom is -0.462 e. The molecule has 28 heavy (non-hydrogen) atoms. The number of ether oxygens (including phenoxy) is 1. The zero-order chi connectivity index (χ0) is 20.3. The van der Waals surface area contributed by atoms with Gasteiger partial charge < -0.3 is 14.2 Å². The highest BCUT2D eigenvalue weighted by Gasteiger charge is 2.25. The van der Waals surface area contributed by atoms with Crippen LogP contribution in [-0.4, -0.2) is 64.6 Å². The molecule has 2 aromatic rings. The SMILES string of the molecule is CCOC(=O)c1ccc(C(=O)N2CCN(Cc3c(C)noc3C)CC2)nc1C. The lowest BCUT2D eigenvalue weighted by molar-refractivity contribution is 0.0522. The van der Waals surface area contributed by atoms with Crippen LogP contribution in [0.25, 0.3) is 0 Å². The minimum atomic E-state index is -0.417. The molecule has 8 nitrogen and oxygen atoms in total. The van der Waals surface area contributed by atoms with Crippen molar-refractivity contribution in [2.75, 3.05) is 32.8 Å². The normalized spacial score (nSPS) is 14.9. The summed E-state index contributed by atoms with van der Waals surface area (Å²) in [6.07, 6.45) is 0. The summed E-state index contributed by atoms with van der Waals surface area (Å²) < 4.78 is 10.2. The quantitative estimate of drug-likeness (QED) is 0.727. The highest BCUT2D eigenvalue weighted by molar-refractivity contribution is 5.95. The molecule has 1 amide bonds. The summed E-state index contributed by atoms with van der Waals surface area (Å²) in [5, 5.41) is 4.00. The predicted molar refractivity (Wildman–Crippen MR) is 102 cm³/mol. The Morgan fingerprint density at radius 3 is 2.39 bits per heavy atom. The molecule has 0 spiro atoms. The third-order valence-electron chi connectivity index (χ3n) is 5.02. The molecule has 0 N–H and O–H groups in total. The third-order valence-corrected chi connectivity index (χ3v) is 5.02. The van der Waals surface area contributed by atoms with E-state index in [-0.39, 0.29) is 5.91 Å². The van der Waals surface area contributed by atoms with Crippen LogP contribution < -0.4 is 0 Å². The second-order valence-corrected chi connectivity index (χ2v) is 6.92. The number of hydrogen-bond acceptors (Lipinski definition) is 7. The fraction of sp³-hybridized carbons (Fsp3) is 0.500. The van der Waals surface area contributed by atoms with Gasteiger partial charge in [0.05, 0.1) is 23.6 Å². The standard InChI is InChI=1S/C20H26N4O4/c1-5-27-20(26)16-6-7-18(21-13(16)2)19(25)24-10-8-23(9-11-24)12-17-14(3)22-28-15(17)4/h6-7H,5,8-12H2,1-4H3. The molecular weight excluding hydrogens is 360 g/mol. The van der Waals surface area contributed by atoms with Gasteiger partial charge in [-0.15, -0.1) is 0 Å². The Kier molecular flexibility index (Phi) is 6.08. The van der Waals surface area contributed by atoms with E-state index in [0.29, 0.717) is 36.6 Å². The smallest absolute Gasteiger partial charge is 0.339 e. The molecule has 2 aromatic heterocycles. The lowest BCUT2D eigenvalue weighted by Crippen LogP contribution is -2.48. The topological polar surface area (TPSA) is 88.8 Å². The molecule has 0 unspecified atom stereocenters. The Morgan fingerprint density at radius 2 is 1.82 bits per heavy atom. The third kappa shape index (κ3) is 4.22. The van der Waals surface area contributed by atoms with Crippen LogP contribution in [0.3, 0.4) is 0 Å². The molecule has 1 fully saturated rings. The van der Waals surface area contributed by atoms with Gasteiger partial charge in [0.2, 0.25) is 0 Å². The van der Waals surface area contributed by atoms with Crippen LogP contribution in [0.4, 0.5) is 0 Å². The van der Waals surface area contributed by atoms with Crippen LogP contribution >= 0.6 is 0 Å². The van der Waals surface area contributed by atoms with E-state index in [1.165, 1.54) is 0 Å². The Bertz CT molecular complexity index is 850. The first-order chi connectivity index (χ1) is 13.4. The van der Waals surface area contributed by atoms with E-state index in [2.05, 4.69) is 15.0 Å². The molecule has 0 aliphatic carbocycles. The number of aryl methyl sites for hydroxylation is 3. The summed E-state index contributed by atoms with van der Waals surface area (Å²) in [5.41, 5.74) is 3.28. The Balaban J connectivity index is 1.60. The molecule has 0 bridgehead atoms. The summed E-state index contributed by atoms with van der Waals surface area (Å²) >= 11 is 0. The fourth-order valence-electron chi connectivity index (χ4n) is 3.33. The molecule has 1 aliphatic heterocycles. The highest BCUT2D eigenvalue weighted by atomic mass is 16.5. The van der Waals surface area contributed by atoms with Crippen molar-refractivity contribution in [2.45, 2.75) is 34.2 Å². The summed E-state index contributed by atoms with van der Waals surface area (Å²) in [7, 11) is 0. The highest BCUT2D eigenvalue weighted by Crippen LogP contribution is 2.17. The summed E-state index contributed by atoms with van der Waals surface area (Å²) in [6, 6.07) is 3.21. The van der Waals surface area contributed by atoms with Crippen molar-refractivity contribution < 1.29 is 18.8 Å². The van der Waals surface area contributed by atoms with Gasteiger partial charge in [0.25, 0.3) is 5.91 Å². The molecule has 0 radical (unpaired) electrons. The fourth-order valence-corrected chi connectivity index (χ4v) is 3.33. The Hall–Kier alpha value is -2.74. The maximum Gasteiger partial charge on any atom is 0.339 e. The number of esters is 1. The zero-order valence-electron chi connectivity index (χ0n) is 16.8. The van der Waals surface area contributed by atoms with Crippen molar-refractivity contribution in [3.63, 3.8) is 0 Å². The van der Waals surface area contributed by atoms with Crippen LogP contribution in [0.5, 0.6) is 0 Å². The van der Waals surface area contributed by atoms with Crippen LogP contribution in [0.1, 0.15) is 50.5 Å². The molecular formula is C20H26N4O4. The van der Waals surface area contributed by atoms with E-state index in [1.54, 1.807) is 30.9 Å². The number of aromatic nitrogens is 2. The first-order valence-corrected chi connectivity index (χ1v) is 9.48. The first kappa shape index (κ1) is 20.0. The second kappa shape index (κ2) is 8.52. The first-order valence-electron chi connectivity index (χ1n) is 9.48. The number of carbonyl (C=O) groups excluding carboxylic acids is 2. The maximum atomic E-state index is 12.8.